The Bertz CT molecular complexity index is 846. The molecule has 4 amide bonds. The standard InChI is InChI=1S/C17H18N4O3S/c1-10-4-6-12(7-5-10)17(3)14(23)21(16(24)20-17)8-13(22)19-15-18-11(2)9-25-15/h4-7,9H,8H2,1-3H3,(H,20,24)(H,18,19,22). The molecule has 0 spiro atoms. The van der Waals surface area contributed by atoms with Gasteiger partial charge in [0, 0.05) is 5.38 Å². The smallest absolute Gasteiger partial charge is 0.319 e. The number of urea groups is 1. The Labute approximate surface area is 149 Å². The summed E-state index contributed by atoms with van der Waals surface area (Å²) in [5, 5.41) is 7.53. The van der Waals surface area contributed by atoms with E-state index in [2.05, 4.69) is 15.6 Å². The average molecular weight is 358 g/mol. The van der Waals surface area contributed by atoms with Gasteiger partial charge >= 0.3 is 6.03 Å². The van der Waals surface area contributed by atoms with Crippen molar-refractivity contribution >= 4 is 34.3 Å². The summed E-state index contributed by atoms with van der Waals surface area (Å²) in [6, 6.07) is 6.77. The second kappa shape index (κ2) is 6.29. The Balaban J connectivity index is 1.74. The molecule has 1 aromatic carbocycles. The van der Waals surface area contributed by atoms with Crippen LogP contribution in [0.2, 0.25) is 0 Å². The molecule has 7 nitrogen and oxygen atoms in total. The van der Waals surface area contributed by atoms with Crippen molar-refractivity contribution in [3.05, 3.63) is 46.5 Å². The van der Waals surface area contributed by atoms with Gasteiger partial charge in [-0.3, -0.25) is 14.5 Å². The van der Waals surface area contributed by atoms with Crippen molar-refractivity contribution in [1.82, 2.24) is 15.2 Å². The molecule has 2 heterocycles. The zero-order chi connectivity index (χ0) is 18.2. The van der Waals surface area contributed by atoms with Gasteiger partial charge in [-0.25, -0.2) is 9.78 Å². The number of aryl methyl sites for hydroxylation is 2. The summed E-state index contributed by atoms with van der Waals surface area (Å²) in [6.07, 6.45) is 0. The number of amides is 4. The van der Waals surface area contributed by atoms with Crippen molar-refractivity contribution < 1.29 is 14.4 Å². The lowest BCUT2D eigenvalue weighted by Gasteiger charge is -2.22. The number of imide groups is 1. The highest BCUT2D eigenvalue weighted by molar-refractivity contribution is 7.13. The predicted molar refractivity (Wildman–Crippen MR) is 94.3 cm³/mol. The number of anilines is 1. The van der Waals surface area contributed by atoms with Gasteiger partial charge in [0.1, 0.15) is 12.1 Å². The summed E-state index contributed by atoms with van der Waals surface area (Å²) in [5.74, 6) is -0.919. The molecule has 1 unspecified atom stereocenters. The first-order valence-electron chi connectivity index (χ1n) is 7.73. The summed E-state index contributed by atoms with van der Waals surface area (Å²) in [4.78, 5) is 42.2. The molecule has 2 N–H and O–H groups in total. The Morgan fingerprint density at radius 1 is 1.28 bits per heavy atom. The Hall–Kier alpha value is -2.74. The van der Waals surface area contributed by atoms with Gasteiger partial charge in [0.2, 0.25) is 5.91 Å². The quantitative estimate of drug-likeness (QED) is 0.820. The SMILES string of the molecule is Cc1ccc(C2(C)NC(=O)N(CC(=O)Nc3nc(C)cs3)C2=O)cc1. The van der Waals surface area contributed by atoms with E-state index in [0.717, 1.165) is 16.2 Å². The van der Waals surface area contributed by atoms with Crippen molar-refractivity contribution in [3.8, 4) is 0 Å². The zero-order valence-corrected chi connectivity index (χ0v) is 14.9. The lowest BCUT2D eigenvalue weighted by atomic mass is 9.91. The van der Waals surface area contributed by atoms with Crippen molar-refractivity contribution in [2.24, 2.45) is 0 Å². The van der Waals surface area contributed by atoms with Crippen LogP contribution in [0.25, 0.3) is 0 Å². The van der Waals surface area contributed by atoms with Crippen molar-refractivity contribution in [3.63, 3.8) is 0 Å². The summed E-state index contributed by atoms with van der Waals surface area (Å²) in [7, 11) is 0. The van der Waals surface area contributed by atoms with Crippen LogP contribution in [0.3, 0.4) is 0 Å². The molecule has 130 valence electrons. The van der Waals surface area contributed by atoms with Crippen LogP contribution in [0, 0.1) is 13.8 Å². The number of hydrogen-bond acceptors (Lipinski definition) is 5. The minimum absolute atomic E-state index is 0.356. The zero-order valence-electron chi connectivity index (χ0n) is 14.1. The van der Waals surface area contributed by atoms with Crippen LogP contribution in [-0.4, -0.2) is 34.3 Å². The molecule has 0 aliphatic carbocycles. The van der Waals surface area contributed by atoms with Crippen LogP contribution < -0.4 is 10.6 Å². The number of carbonyl (C=O) groups excluding carboxylic acids is 3. The molecule has 1 aliphatic heterocycles. The number of carbonyl (C=O) groups is 3. The highest BCUT2D eigenvalue weighted by atomic mass is 32.1. The maximum absolute atomic E-state index is 12.8. The summed E-state index contributed by atoms with van der Waals surface area (Å²) in [5.41, 5.74) is 1.35. The Morgan fingerprint density at radius 3 is 2.56 bits per heavy atom. The number of thiazole rings is 1. The van der Waals surface area contributed by atoms with E-state index >= 15 is 0 Å². The van der Waals surface area contributed by atoms with Crippen molar-refractivity contribution in [2.75, 3.05) is 11.9 Å². The van der Waals surface area contributed by atoms with E-state index in [1.165, 1.54) is 11.3 Å². The molecule has 2 aromatic rings. The number of nitrogens with zero attached hydrogens (tertiary/aromatic N) is 2. The van der Waals surface area contributed by atoms with Gasteiger partial charge in [-0.05, 0) is 26.3 Å². The second-order valence-electron chi connectivity index (χ2n) is 6.15. The fourth-order valence-electron chi connectivity index (χ4n) is 2.64. The molecule has 0 saturated carbocycles. The Morgan fingerprint density at radius 2 is 1.96 bits per heavy atom. The van der Waals surface area contributed by atoms with Crippen LogP contribution in [0.1, 0.15) is 23.7 Å². The second-order valence-corrected chi connectivity index (χ2v) is 7.01. The lowest BCUT2D eigenvalue weighted by molar-refractivity contribution is -0.133. The summed E-state index contributed by atoms with van der Waals surface area (Å²) < 4.78 is 0. The minimum Gasteiger partial charge on any atom is -0.319 e. The van der Waals surface area contributed by atoms with Crippen LogP contribution >= 0.6 is 11.3 Å². The monoisotopic (exact) mass is 358 g/mol. The van der Waals surface area contributed by atoms with Crippen LogP contribution in [-0.2, 0) is 15.1 Å². The molecule has 1 atom stereocenters. The molecule has 0 radical (unpaired) electrons. The first-order chi connectivity index (χ1) is 11.8. The fraction of sp³-hybridized carbons (Fsp3) is 0.294. The molecule has 8 heteroatoms. The number of nitrogens with one attached hydrogen (secondary N) is 2. The van der Waals surface area contributed by atoms with Gasteiger partial charge in [0.05, 0.1) is 5.69 Å². The van der Waals surface area contributed by atoms with E-state index < -0.39 is 23.4 Å². The van der Waals surface area contributed by atoms with Crippen molar-refractivity contribution in [2.45, 2.75) is 26.3 Å². The maximum Gasteiger partial charge on any atom is 0.325 e. The van der Waals surface area contributed by atoms with Crippen LogP contribution in [0.5, 0.6) is 0 Å². The van der Waals surface area contributed by atoms with Gasteiger partial charge < -0.3 is 10.6 Å². The third-order valence-corrected chi connectivity index (χ3v) is 4.95. The van der Waals surface area contributed by atoms with E-state index in [0.29, 0.717) is 10.7 Å². The number of hydrogen-bond donors (Lipinski definition) is 2. The van der Waals surface area contributed by atoms with E-state index in [1.807, 2.05) is 26.0 Å². The van der Waals surface area contributed by atoms with Crippen LogP contribution in [0.15, 0.2) is 29.6 Å². The van der Waals surface area contributed by atoms with Crippen molar-refractivity contribution in [1.29, 1.82) is 0 Å². The van der Waals surface area contributed by atoms with E-state index in [4.69, 9.17) is 0 Å². The van der Waals surface area contributed by atoms with Gasteiger partial charge in [0.25, 0.3) is 5.91 Å². The highest BCUT2D eigenvalue weighted by Crippen LogP contribution is 2.29. The predicted octanol–water partition coefficient (Wildman–Crippen LogP) is 2.17. The minimum atomic E-state index is -1.18. The number of aromatic nitrogens is 1. The third-order valence-electron chi connectivity index (χ3n) is 4.07. The van der Waals surface area contributed by atoms with Crippen LogP contribution in [0.4, 0.5) is 9.93 Å². The summed E-state index contributed by atoms with van der Waals surface area (Å²) >= 11 is 1.29. The molecule has 0 bridgehead atoms. The van der Waals surface area contributed by atoms with E-state index in [1.54, 1.807) is 24.4 Å². The van der Waals surface area contributed by atoms with E-state index in [-0.39, 0.29) is 6.54 Å². The third kappa shape index (κ3) is 3.25. The average Bonchev–Trinajstić information content (AvgIpc) is 3.05. The molecule has 1 fully saturated rings. The summed E-state index contributed by atoms with van der Waals surface area (Å²) in [6.45, 7) is 5.04. The molecule has 1 saturated heterocycles. The lowest BCUT2D eigenvalue weighted by Crippen LogP contribution is -2.42. The molecular weight excluding hydrogens is 340 g/mol. The number of benzene rings is 1. The highest BCUT2D eigenvalue weighted by Gasteiger charge is 2.49. The fourth-order valence-corrected chi connectivity index (χ4v) is 3.34. The first kappa shape index (κ1) is 17.1. The normalized spacial score (nSPS) is 19.9. The molecule has 1 aromatic heterocycles. The largest absolute Gasteiger partial charge is 0.325 e. The van der Waals surface area contributed by atoms with Gasteiger partial charge in [-0.2, -0.15) is 0 Å². The number of rotatable bonds is 4. The first-order valence-corrected chi connectivity index (χ1v) is 8.61. The maximum atomic E-state index is 12.8. The van der Waals surface area contributed by atoms with Gasteiger partial charge in [-0.15, -0.1) is 11.3 Å². The van der Waals surface area contributed by atoms with Gasteiger partial charge in [-0.1, -0.05) is 29.8 Å². The molecule has 25 heavy (non-hydrogen) atoms. The molecule has 1 aliphatic rings. The molecular formula is C17H18N4O3S. The Kier molecular flexibility index (Phi) is 4.30. The van der Waals surface area contributed by atoms with Gasteiger partial charge in [0.15, 0.2) is 5.13 Å². The topological polar surface area (TPSA) is 91.4 Å². The van der Waals surface area contributed by atoms with E-state index in [9.17, 15) is 14.4 Å². The molecule has 3 rings (SSSR count).